The molecule has 0 atom stereocenters. The number of H-pyrrole nitrogens is 2. The van der Waals surface area contributed by atoms with Crippen LogP contribution >= 0.6 is 11.3 Å². The van der Waals surface area contributed by atoms with Gasteiger partial charge in [0.2, 0.25) is 0 Å². The SMILES string of the molecule is C=C/C(=C\C(=C/C)c1ccc2[nH]nc(-c3cc4c(-c5ccsc5)cncc4[nH]3)c2c1)NC(=C)CC(C)(C)C. The zero-order chi connectivity index (χ0) is 26.9. The fourth-order valence-electron chi connectivity index (χ4n) is 4.76. The van der Waals surface area contributed by atoms with Crippen molar-refractivity contribution >= 4 is 38.7 Å². The Balaban J connectivity index is 1.51. The van der Waals surface area contributed by atoms with Crippen LogP contribution in [0.2, 0.25) is 0 Å². The van der Waals surface area contributed by atoms with Gasteiger partial charge >= 0.3 is 0 Å². The molecule has 5 rings (SSSR count). The first-order valence-electron chi connectivity index (χ1n) is 12.7. The minimum Gasteiger partial charge on any atom is -0.359 e. The number of nitrogens with one attached hydrogen (secondary N) is 3. The van der Waals surface area contributed by atoms with Crippen molar-refractivity contribution in [3.8, 4) is 22.5 Å². The third-order valence-electron chi connectivity index (χ3n) is 6.44. The first-order valence-corrected chi connectivity index (χ1v) is 13.6. The number of thiophene rings is 1. The second-order valence-electron chi connectivity index (χ2n) is 10.7. The number of rotatable bonds is 8. The Morgan fingerprint density at radius 1 is 1.11 bits per heavy atom. The van der Waals surface area contributed by atoms with Gasteiger partial charge in [-0.2, -0.15) is 16.4 Å². The molecule has 0 spiro atoms. The maximum Gasteiger partial charge on any atom is 0.116 e. The van der Waals surface area contributed by atoms with E-state index in [9.17, 15) is 0 Å². The smallest absolute Gasteiger partial charge is 0.116 e. The highest BCUT2D eigenvalue weighted by Gasteiger charge is 2.16. The highest BCUT2D eigenvalue weighted by Crippen LogP contribution is 2.35. The van der Waals surface area contributed by atoms with Gasteiger partial charge in [-0.3, -0.25) is 10.1 Å². The van der Waals surface area contributed by atoms with Crippen molar-refractivity contribution in [1.29, 1.82) is 0 Å². The van der Waals surface area contributed by atoms with E-state index in [0.29, 0.717) is 0 Å². The van der Waals surface area contributed by atoms with Gasteiger partial charge in [0.25, 0.3) is 0 Å². The first kappa shape index (κ1) is 25.5. The van der Waals surface area contributed by atoms with Crippen molar-refractivity contribution in [3.63, 3.8) is 0 Å². The predicted octanol–water partition coefficient (Wildman–Crippen LogP) is 8.85. The summed E-state index contributed by atoms with van der Waals surface area (Å²) in [7, 11) is 0. The number of allylic oxidation sites excluding steroid dienone is 5. The van der Waals surface area contributed by atoms with Crippen molar-refractivity contribution in [2.45, 2.75) is 34.1 Å². The van der Waals surface area contributed by atoms with Crippen LogP contribution in [0, 0.1) is 5.41 Å². The topological polar surface area (TPSA) is 69.4 Å². The van der Waals surface area contributed by atoms with Crippen LogP contribution in [-0.2, 0) is 0 Å². The van der Waals surface area contributed by atoms with Crippen molar-refractivity contribution < 1.29 is 0 Å². The Kier molecular flexibility index (Phi) is 6.91. The zero-order valence-electron chi connectivity index (χ0n) is 22.4. The number of nitrogens with zero attached hydrogens (tertiary/aromatic N) is 2. The van der Waals surface area contributed by atoms with Crippen molar-refractivity contribution in [1.82, 2.24) is 25.5 Å². The maximum absolute atomic E-state index is 4.68. The lowest BCUT2D eigenvalue weighted by Crippen LogP contribution is -2.16. The summed E-state index contributed by atoms with van der Waals surface area (Å²) in [5, 5.41) is 17.7. The van der Waals surface area contributed by atoms with Crippen LogP contribution in [-0.4, -0.2) is 20.2 Å². The zero-order valence-corrected chi connectivity index (χ0v) is 23.2. The molecular weight excluding hydrogens is 486 g/mol. The molecule has 0 amide bonds. The average molecular weight is 520 g/mol. The van der Waals surface area contributed by atoms with Gasteiger partial charge < -0.3 is 10.3 Å². The number of hydrogen-bond donors (Lipinski definition) is 3. The third-order valence-corrected chi connectivity index (χ3v) is 7.12. The van der Waals surface area contributed by atoms with E-state index >= 15 is 0 Å². The molecule has 0 aliphatic rings. The summed E-state index contributed by atoms with van der Waals surface area (Å²) >= 11 is 1.69. The van der Waals surface area contributed by atoms with E-state index in [4.69, 9.17) is 0 Å². The molecule has 4 aromatic heterocycles. The van der Waals surface area contributed by atoms with E-state index in [1.54, 1.807) is 11.3 Å². The first-order chi connectivity index (χ1) is 18.3. The summed E-state index contributed by atoms with van der Waals surface area (Å²) in [4.78, 5) is 8.00. The number of hydrogen-bond acceptors (Lipinski definition) is 4. The molecule has 5 nitrogen and oxygen atoms in total. The quantitative estimate of drug-likeness (QED) is 0.179. The molecule has 4 heterocycles. The number of aromatic amines is 2. The van der Waals surface area contributed by atoms with E-state index in [-0.39, 0.29) is 5.41 Å². The molecule has 0 saturated heterocycles. The maximum atomic E-state index is 4.68. The van der Waals surface area contributed by atoms with Gasteiger partial charge in [0.05, 0.1) is 22.9 Å². The van der Waals surface area contributed by atoms with Gasteiger partial charge in [-0.05, 0) is 82.6 Å². The molecule has 0 unspecified atom stereocenters. The summed E-state index contributed by atoms with van der Waals surface area (Å²) < 4.78 is 0. The molecule has 3 N–H and O–H groups in total. The minimum absolute atomic E-state index is 0.158. The Morgan fingerprint density at radius 2 is 1.95 bits per heavy atom. The minimum atomic E-state index is 0.158. The lowest BCUT2D eigenvalue weighted by molar-refractivity contribution is 0.403. The molecule has 5 aromatic rings. The summed E-state index contributed by atoms with van der Waals surface area (Å²) in [6, 6.07) is 10.7. The Morgan fingerprint density at radius 3 is 2.66 bits per heavy atom. The number of pyridine rings is 1. The van der Waals surface area contributed by atoms with E-state index < -0.39 is 0 Å². The lowest BCUT2D eigenvalue weighted by atomic mass is 9.91. The van der Waals surface area contributed by atoms with Gasteiger partial charge in [0, 0.05) is 33.9 Å². The van der Waals surface area contributed by atoms with E-state index in [0.717, 1.165) is 67.7 Å². The van der Waals surface area contributed by atoms with Crippen LogP contribution < -0.4 is 5.32 Å². The van der Waals surface area contributed by atoms with Gasteiger partial charge in [0.1, 0.15) is 5.69 Å². The second-order valence-corrected chi connectivity index (χ2v) is 11.5. The molecule has 1 aromatic carbocycles. The summed E-state index contributed by atoms with van der Waals surface area (Å²) in [6.07, 6.45) is 10.7. The van der Waals surface area contributed by atoms with Crippen molar-refractivity contribution in [3.05, 3.63) is 102 Å². The highest BCUT2D eigenvalue weighted by molar-refractivity contribution is 7.08. The summed E-state index contributed by atoms with van der Waals surface area (Å²) in [6.45, 7) is 16.9. The molecule has 192 valence electrons. The van der Waals surface area contributed by atoms with Gasteiger partial charge in [0.15, 0.2) is 0 Å². The largest absolute Gasteiger partial charge is 0.359 e. The fourth-order valence-corrected chi connectivity index (χ4v) is 5.42. The van der Waals surface area contributed by atoms with E-state index in [1.165, 1.54) is 5.56 Å². The Labute approximate surface area is 227 Å². The fraction of sp³-hybridized carbons (Fsp3) is 0.188. The van der Waals surface area contributed by atoms with Crippen LogP contribution in [0.15, 0.2) is 96.3 Å². The molecule has 6 heteroatoms. The Bertz CT molecular complexity index is 1690. The van der Waals surface area contributed by atoms with Crippen LogP contribution in [0.1, 0.15) is 39.7 Å². The molecule has 0 aliphatic carbocycles. The number of fused-ring (bicyclic) bond motifs is 2. The number of benzene rings is 1. The van der Waals surface area contributed by atoms with Gasteiger partial charge in [-0.15, -0.1) is 0 Å². The molecule has 0 saturated carbocycles. The van der Waals surface area contributed by atoms with Crippen LogP contribution in [0.25, 0.3) is 49.9 Å². The standard InChI is InChI=1S/C32H33N5S/c1-7-21(13-24(8-2)34-20(3)16-32(4,5)6)22-9-10-28-26(14-22)31(37-36-28)29-15-25-27(23-11-12-38-19-23)17-33-18-30(25)35-29/h7-15,17-19,34-35H,2-3,16H2,1,4-6H3,(H,36,37)/b21-7+,24-13+. The molecular formula is C32H33N5S. The van der Waals surface area contributed by atoms with Crippen LogP contribution in [0.3, 0.4) is 0 Å². The van der Waals surface area contributed by atoms with E-state index in [2.05, 4.69) is 113 Å². The summed E-state index contributed by atoms with van der Waals surface area (Å²) in [5.74, 6) is 0. The molecule has 0 aliphatic heterocycles. The number of aromatic nitrogens is 4. The van der Waals surface area contributed by atoms with Gasteiger partial charge in [-0.25, -0.2) is 0 Å². The highest BCUT2D eigenvalue weighted by atomic mass is 32.1. The van der Waals surface area contributed by atoms with Crippen LogP contribution in [0.5, 0.6) is 0 Å². The van der Waals surface area contributed by atoms with Crippen molar-refractivity contribution in [2.75, 3.05) is 0 Å². The summed E-state index contributed by atoms with van der Waals surface area (Å²) in [5.41, 5.74) is 10.3. The third kappa shape index (κ3) is 5.27. The molecule has 0 bridgehead atoms. The van der Waals surface area contributed by atoms with E-state index in [1.807, 2.05) is 25.4 Å². The van der Waals surface area contributed by atoms with Gasteiger partial charge in [-0.1, -0.05) is 46.1 Å². The van der Waals surface area contributed by atoms with Crippen LogP contribution in [0.4, 0.5) is 0 Å². The molecule has 0 fully saturated rings. The molecule has 0 radical (unpaired) electrons. The lowest BCUT2D eigenvalue weighted by Gasteiger charge is -2.21. The van der Waals surface area contributed by atoms with Crippen molar-refractivity contribution in [2.24, 2.45) is 5.41 Å². The Hall–Kier alpha value is -4.16. The second kappa shape index (κ2) is 10.3. The molecule has 38 heavy (non-hydrogen) atoms. The normalized spacial score (nSPS) is 12.8. The average Bonchev–Trinajstić information content (AvgIpc) is 3.63. The predicted molar refractivity (Wildman–Crippen MR) is 163 cm³/mol. The monoisotopic (exact) mass is 519 g/mol.